The first-order valence-electron chi connectivity index (χ1n) is 8.21. The maximum Gasteiger partial charge on any atom is 0.0462 e. The molecule has 1 rings (SSSR count). The number of benzene rings is 1. The molecule has 0 saturated heterocycles. The quantitative estimate of drug-likeness (QED) is 0.683. The average Bonchev–Trinajstić information content (AvgIpc) is 2.42. The fraction of sp³-hybridized carbons (Fsp3) is 0.684. The van der Waals surface area contributed by atoms with Crippen LogP contribution in [0.15, 0.2) is 24.3 Å². The van der Waals surface area contributed by atoms with Gasteiger partial charge in [0.25, 0.3) is 0 Å². The number of methoxy groups -OCH3 is 1. The van der Waals surface area contributed by atoms with Crippen LogP contribution in [-0.2, 0) is 11.2 Å². The van der Waals surface area contributed by atoms with Crippen LogP contribution in [0.25, 0.3) is 0 Å². The van der Waals surface area contributed by atoms with Crippen molar-refractivity contribution in [1.29, 1.82) is 0 Å². The lowest BCUT2D eigenvalue weighted by atomic mass is 9.91. The van der Waals surface area contributed by atoms with Crippen molar-refractivity contribution in [3.05, 3.63) is 35.4 Å². The Bertz CT molecular complexity index is 395. The van der Waals surface area contributed by atoms with E-state index in [1.54, 1.807) is 7.11 Å². The number of nitrogens with one attached hydrogen (secondary N) is 1. The highest BCUT2D eigenvalue weighted by Crippen LogP contribution is 2.18. The van der Waals surface area contributed by atoms with Gasteiger partial charge in [0.1, 0.15) is 0 Å². The van der Waals surface area contributed by atoms with Crippen molar-refractivity contribution in [2.75, 3.05) is 20.3 Å². The van der Waals surface area contributed by atoms with Crippen molar-refractivity contribution in [3.8, 4) is 0 Å². The summed E-state index contributed by atoms with van der Waals surface area (Å²) in [7, 11) is 1.78. The van der Waals surface area contributed by atoms with E-state index in [2.05, 4.69) is 57.3 Å². The van der Waals surface area contributed by atoms with Gasteiger partial charge >= 0.3 is 0 Å². The molecule has 1 atom stereocenters. The third kappa shape index (κ3) is 8.23. The predicted octanol–water partition coefficient (Wildman–Crippen LogP) is 4.36. The maximum atomic E-state index is 5.16. The molecule has 0 aliphatic heterocycles. The minimum Gasteiger partial charge on any atom is -0.385 e. The second-order valence-electron chi connectivity index (χ2n) is 7.12. The smallest absolute Gasteiger partial charge is 0.0462 e. The summed E-state index contributed by atoms with van der Waals surface area (Å²) in [4.78, 5) is 0. The number of ether oxygens (including phenoxy) is 1. The van der Waals surface area contributed by atoms with Gasteiger partial charge in [-0.2, -0.15) is 0 Å². The van der Waals surface area contributed by atoms with Gasteiger partial charge in [-0.25, -0.2) is 0 Å². The summed E-state index contributed by atoms with van der Waals surface area (Å²) in [6.07, 6.45) is 4.84. The van der Waals surface area contributed by atoms with Gasteiger partial charge in [0.2, 0.25) is 0 Å². The molecule has 2 nitrogen and oxygen atoms in total. The van der Waals surface area contributed by atoms with E-state index in [0.717, 1.165) is 19.6 Å². The lowest BCUT2D eigenvalue weighted by molar-refractivity contribution is 0.189. The Labute approximate surface area is 131 Å². The first-order valence-corrected chi connectivity index (χ1v) is 8.21. The summed E-state index contributed by atoms with van der Waals surface area (Å²) in [5, 5.41) is 3.67. The molecule has 0 spiro atoms. The SMILES string of the molecule is COCCCCC(CNC(C)(C)C)Cc1ccccc1C. The van der Waals surface area contributed by atoms with Gasteiger partial charge in [-0.05, 0) is 70.5 Å². The van der Waals surface area contributed by atoms with Crippen molar-refractivity contribution in [2.45, 2.75) is 58.9 Å². The lowest BCUT2D eigenvalue weighted by Crippen LogP contribution is -2.39. The molecule has 0 radical (unpaired) electrons. The van der Waals surface area contributed by atoms with E-state index in [0.29, 0.717) is 5.92 Å². The van der Waals surface area contributed by atoms with Crippen molar-refractivity contribution >= 4 is 0 Å². The minimum atomic E-state index is 0.191. The monoisotopic (exact) mass is 291 g/mol. The van der Waals surface area contributed by atoms with E-state index in [4.69, 9.17) is 4.74 Å². The fourth-order valence-corrected chi connectivity index (χ4v) is 2.56. The molecule has 0 heterocycles. The Morgan fingerprint density at radius 2 is 1.86 bits per heavy atom. The molecule has 0 aliphatic carbocycles. The highest BCUT2D eigenvalue weighted by atomic mass is 16.5. The summed E-state index contributed by atoms with van der Waals surface area (Å²) in [6.45, 7) is 10.9. The Balaban J connectivity index is 2.56. The van der Waals surface area contributed by atoms with Crippen LogP contribution < -0.4 is 5.32 Å². The van der Waals surface area contributed by atoms with E-state index in [9.17, 15) is 0 Å². The molecule has 0 aromatic heterocycles. The van der Waals surface area contributed by atoms with Gasteiger partial charge in [-0.15, -0.1) is 0 Å². The Hall–Kier alpha value is -0.860. The fourth-order valence-electron chi connectivity index (χ4n) is 2.56. The van der Waals surface area contributed by atoms with E-state index < -0.39 is 0 Å². The number of hydrogen-bond donors (Lipinski definition) is 1. The minimum absolute atomic E-state index is 0.191. The zero-order valence-electron chi connectivity index (χ0n) is 14.5. The first-order chi connectivity index (χ1) is 9.92. The van der Waals surface area contributed by atoms with Gasteiger partial charge < -0.3 is 10.1 Å². The largest absolute Gasteiger partial charge is 0.385 e. The first kappa shape index (κ1) is 18.2. The molecule has 0 aliphatic rings. The highest BCUT2D eigenvalue weighted by molar-refractivity contribution is 5.25. The molecule has 1 aromatic rings. The molecule has 0 fully saturated rings. The van der Waals surface area contributed by atoms with Crippen LogP contribution in [0.4, 0.5) is 0 Å². The molecule has 1 N–H and O–H groups in total. The molecule has 0 saturated carbocycles. The van der Waals surface area contributed by atoms with E-state index in [1.807, 2.05) is 0 Å². The van der Waals surface area contributed by atoms with Crippen LogP contribution in [0.3, 0.4) is 0 Å². The number of aryl methyl sites for hydroxylation is 1. The summed E-state index contributed by atoms with van der Waals surface area (Å²) in [5.41, 5.74) is 3.09. The van der Waals surface area contributed by atoms with Crippen LogP contribution in [0.5, 0.6) is 0 Å². The van der Waals surface area contributed by atoms with Crippen molar-refractivity contribution in [2.24, 2.45) is 5.92 Å². The Kier molecular flexibility index (Phi) is 7.98. The molecule has 21 heavy (non-hydrogen) atoms. The van der Waals surface area contributed by atoms with Gasteiger partial charge in [0, 0.05) is 19.3 Å². The van der Waals surface area contributed by atoms with Crippen molar-refractivity contribution in [1.82, 2.24) is 5.32 Å². The molecule has 2 heteroatoms. The Morgan fingerprint density at radius 3 is 2.48 bits per heavy atom. The number of rotatable bonds is 9. The number of hydrogen-bond acceptors (Lipinski definition) is 2. The van der Waals surface area contributed by atoms with Crippen LogP contribution in [0.1, 0.15) is 51.2 Å². The lowest BCUT2D eigenvalue weighted by Gasteiger charge is -2.26. The van der Waals surface area contributed by atoms with Crippen LogP contribution in [-0.4, -0.2) is 25.8 Å². The van der Waals surface area contributed by atoms with Crippen molar-refractivity contribution in [3.63, 3.8) is 0 Å². The number of unbranched alkanes of at least 4 members (excludes halogenated alkanes) is 1. The van der Waals surface area contributed by atoms with Crippen LogP contribution in [0, 0.1) is 12.8 Å². The van der Waals surface area contributed by atoms with Gasteiger partial charge in [-0.3, -0.25) is 0 Å². The zero-order chi connectivity index (χ0) is 15.7. The maximum absolute atomic E-state index is 5.16. The van der Waals surface area contributed by atoms with E-state index in [-0.39, 0.29) is 5.54 Å². The van der Waals surface area contributed by atoms with E-state index >= 15 is 0 Å². The van der Waals surface area contributed by atoms with Crippen molar-refractivity contribution < 1.29 is 4.74 Å². The summed E-state index contributed by atoms with van der Waals surface area (Å²) in [6, 6.07) is 8.77. The third-order valence-corrected chi connectivity index (χ3v) is 3.90. The van der Waals surface area contributed by atoms with Gasteiger partial charge in [0.05, 0.1) is 0 Å². The van der Waals surface area contributed by atoms with Crippen LogP contribution >= 0.6 is 0 Å². The average molecular weight is 291 g/mol. The van der Waals surface area contributed by atoms with Gasteiger partial charge in [0.15, 0.2) is 0 Å². The summed E-state index contributed by atoms with van der Waals surface area (Å²) < 4.78 is 5.16. The Morgan fingerprint density at radius 1 is 1.14 bits per heavy atom. The standard InChI is InChI=1S/C19H33NO/c1-16-10-6-7-12-18(16)14-17(11-8-9-13-21-5)15-20-19(2,3)4/h6-7,10,12,17,20H,8-9,11,13-15H2,1-5H3. The molecule has 120 valence electrons. The molecular weight excluding hydrogens is 258 g/mol. The molecule has 1 unspecified atom stereocenters. The summed E-state index contributed by atoms with van der Waals surface area (Å²) >= 11 is 0. The predicted molar refractivity (Wildman–Crippen MR) is 91.9 cm³/mol. The second-order valence-corrected chi connectivity index (χ2v) is 7.12. The van der Waals surface area contributed by atoms with Gasteiger partial charge in [-0.1, -0.05) is 30.7 Å². The van der Waals surface area contributed by atoms with E-state index in [1.165, 1.54) is 30.4 Å². The molecule has 1 aromatic carbocycles. The molecule has 0 bridgehead atoms. The third-order valence-electron chi connectivity index (χ3n) is 3.90. The van der Waals surface area contributed by atoms with Crippen LogP contribution in [0.2, 0.25) is 0 Å². The topological polar surface area (TPSA) is 21.3 Å². The second kappa shape index (κ2) is 9.22. The highest BCUT2D eigenvalue weighted by Gasteiger charge is 2.15. The zero-order valence-corrected chi connectivity index (χ0v) is 14.5. The molecular formula is C19H33NO. The summed E-state index contributed by atoms with van der Waals surface area (Å²) in [5.74, 6) is 0.696. The molecule has 0 amide bonds. The normalized spacial score (nSPS) is 13.4.